The molecule has 0 atom stereocenters. The van der Waals surface area contributed by atoms with E-state index >= 15 is 0 Å². The van der Waals surface area contributed by atoms with E-state index in [9.17, 15) is 30.8 Å². The van der Waals surface area contributed by atoms with E-state index < -0.39 is 39.6 Å². The fourth-order valence-corrected chi connectivity index (χ4v) is 2.32. The predicted octanol–water partition coefficient (Wildman–Crippen LogP) is 3.38. The normalized spacial score (nSPS) is 12.8. The van der Waals surface area contributed by atoms with E-state index in [4.69, 9.17) is 0 Å². The Kier molecular flexibility index (Phi) is 6.97. The molecule has 0 saturated carbocycles. The number of alkyl halides is 3. The van der Waals surface area contributed by atoms with E-state index in [0.29, 0.717) is 5.56 Å². The van der Waals surface area contributed by atoms with Crippen molar-refractivity contribution in [3.05, 3.63) is 47.0 Å². The summed E-state index contributed by atoms with van der Waals surface area (Å²) >= 11 is 0. The predicted molar refractivity (Wildman–Crippen MR) is 80.2 cm³/mol. The smallest absolute Gasteiger partial charge is 0.469 e. The summed E-state index contributed by atoms with van der Waals surface area (Å²) < 4.78 is 81.6. The van der Waals surface area contributed by atoms with Crippen LogP contribution in [0.4, 0.5) is 17.6 Å². The second-order valence-corrected chi connectivity index (χ2v) is 6.50. The minimum Gasteiger partial charge on any atom is -0.469 e. The lowest BCUT2D eigenvalue weighted by molar-refractivity contribution is -0.140. The molecule has 0 saturated heterocycles. The number of esters is 1. The Hall–Kier alpha value is -2.10. The van der Waals surface area contributed by atoms with Crippen LogP contribution in [-0.4, -0.2) is 27.0 Å². The molecule has 140 valence electrons. The van der Waals surface area contributed by atoms with Crippen LogP contribution in [0, 0.1) is 12.7 Å². The van der Waals surface area contributed by atoms with Gasteiger partial charge in [-0.2, -0.15) is 21.6 Å². The van der Waals surface area contributed by atoms with Gasteiger partial charge in [0.05, 0.1) is 13.5 Å². The Morgan fingerprint density at radius 3 is 2.44 bits per heavy atom. The fraction of sp³-hybridized carbons (Fsp3) is 0.400. The highest BCUT2D eigenvalue weighted by Gasteiger charge is 2.48. The van der Waals surface area contributed by atoms with E-state index in [2.05, 4.69) is 8.92 Å². The minimum absolute atomic E-state index is 0.0759. The number of hydrogen-bond acceptors (Lipinski definition) is 5. The number of halogens is 4. The van der Waals surface area contributed by atoms with Crippen LogP contribution in [0.15, 0.2) is 30.0 Å². The van der Waals surface area contributed by atoms with Gasteiger partial charge in [0.1, 0.15) is 11.6 Å². The van der Waals surface area contributed by atoms with Gasteiger partial charge < -0.3 is 8.92 Å². The summed E-state index contributed by atoms with van der Waals surface area (Å²) in [6.45, 7) is 1.47. The van der Waals surface area contributed by atoms with Gasteiger partial charge in [-0.1, -0.05) is 12.1 Å². The van der Waals surface area contributed by atoms with Gasteiger partial charge in [-0.3, -0.25) is 4.79 Å². The number of rotatable bonds is 7. The standard InChI is InChI=1S/C15H16F4O5S/c1-10-11(4-3-5-13(10)16)6-7-12(8-9-14(20)23-2)24-25(21,22)15(17,18)19/h3-5,7H,6,8-9H2,1-2H3/b12-7+. The highest BCUT2D eigenvalue weighted by Crippen LogP contribution is 2.28. The van der Waals surface area contributed by atoms with Gasteiger partial charge in [-0.15, -0.1) is 0 Å². The molecule has 0 amide bonds. The van der Waals surface area contributed by atoms with Crippen molar-refractivity contribution >= 4 is 16.1 Å². The number of carbonyl (C=O) groups is 1. The van der Waals surface area contributed by atoms with E-state index in [1.54, 1.807) is 0 Å². The minimum atomic E-state index is -5.87. The molecule has 1 aromatic rings. The maximum Gasteiger partial charge on any atom is 0.534 e. The first-order valence-corrected chi connectivity index (χ1v) is 8.39. The van der Waals surface area contributed by atoms with E-state index in [1.807, 2.05) is 0 Å². The van der Waals surface area contributed by atoms with Gasteiger partial charge in [0, 0.05) is 6.42 Å². The molecule has 0 N–H and O–H groups in total. The van der Waals surface area contributed by atoms with Crippen LogP contribution in [0.5, 0.6) is 0 Å². The molecule has 0 aliphatic carbocycles. The maximum absolute atomic E-state index is 13.5. The summed E-state index contributed by atoms with van der Waals surface area (Å²) in [4.78, 5) is 11.1. The molecule has 0 unspecified atom stereocenters. The van der Waals surface area contributed by atoms with Gasteiger partial charge in [0.2, 0.25) is 0 Å². The van der Waals surface area contributed by atoms with Crippen molar-refractivity contribution in [1.82, 2.24) is 0 Å². The molecule has 0 fully saturated rings. The Labute approximate surface area is 142 Å². The molecule has 1 aromatic carbocycles. The molecule has 25 heavy (non-hydrogen) atoms. The quantitative estimate of drug-likeness (QED) is 0.237. The average Bonchev–Trinajstić information content (AvgIpc) is 2.51. The Morgan fingerprint density at radius 1 is 1.24 bits per heavy atom. The van der Waals surface area contributed by atoms with Crippen molar-refractivity contribution in [3.63, 3.8) is 0 Å². The van der Waals surface area contributed by atoms with Crippen LogP contribution >= 0.6 is 0 Å². The Bertz CT molecular complexity index is 754. The van der Waals surface area contributed by atoms with Crippen LogP contribution < -0.4 is 0 Å². The average molecular weight is 384 g/mol. The van der Waals surface area contributed by atoms with E-state index in [-0.39, 0.29) is 18.4 Å². The van der Waals surface area contributed by atoms with Crippen molar-refractivity contribution in [2.75, 3.05) is 7.11 Å². The number of ether oxygens (including phenoxy) is 1. The zero-order valence-corrected chi connectivity index (χ0v) is 14.2. The van der Waals surface area contributed by atoms with Gasteiger partial charge in [0.15, 0.2) is 0 Å². The molecule has 0 radical (unpaired) electrons. The Balaban J connectivity index is 3.05. The van der Waals surface area contributed by atoms with Crippen molar-refractivity contribution in [2.45, 2.75) is 31.7 Å². The molecule has 1 rings (SSSR count). The summed E-state index contributed by atoms with van der Waals surface area (Å²) in [6.07, 6.45) is 0.190. The maximum atomic E-state index is 13.5. The second kappa shape index (κ2) is 8.32. The van der Waals surface area contributed by atoms with Gasteiger partial charge in [0.25, 0.3) is 0 Å². The van der Waals surface area contributed by atoms with Gasteiger partial charge in [-0.05, 0) is 36.6 Å². The third kappa shape index (κ3) is 6.04. The molecular formula is C15H16F4O5S. The first-order valence-electron chi connectivity index (χ1n) is 6.98. The van der Waals surface area contributed by atoms with Crippen LogP contribution in [0.25, 0.3) is 0 Å². The lowest BCUT2D eigenvalue weighted by Crippen LogP contribution is -2.25. The summed E-state index contributed by atoms with van der Waals surface area (Å²) in [6, 6.07) is 4.16. The zero-order valence-electron chi connectivity index (χ0n) is 13.4. The highest BCUT2D eigenvalue weighted by atomic mass is 32.2. The van der Waals surface area contributed by atoms with Crippen LogP contribution in [-0.2, 0) is 30.3 Å². The first-order chi connectivity index (χ1) is 11.5. The number of allylic oxidation sites excluding steroid dienone is 2. The molecule has 0 spiro atoms. The third-order valence-electron chi connectivity index (χ3n) is 3.23. The van der Waals surface area contributed by atoms with E-state index in [1.165, 1.54) is 25.1 Å². The number of benzene rings is 1. The van der Waals surface area contributed by atoms with Crippen LogP contribution in [0.1, 0.15) is 24.0 Å². The first kappa shape index (κ1) is 20.9. The lowest BCUT2D eigenvalue weighted by Gasteiger charge is -2.13. The monoisotopic (exact) mass is 384 g/mol. The van der Waals surface area contributed by atoms with Crippen LogP contribution in [0.3, 0.4) is 0 Å². The molecule has 5 nitrogen and oxygen atoms in total. The van der Waals surface area contributed by atoms with E-state index in [0.717, 1.165) is 13.2 Å². The summed E-state index contributed by atoms with van der Waals surface area (Å²) in [5.41, 5.74) is -4.90. The summed E-state index contributed by atoms with van der Waals surface area (Å²) in [5, 5.41) is 0. The second-order valence-electron chi connectivity index (χ2n) is 4.96. The molecule has 0 aliphatic rings. The van der Waals surface area contributed by atoms with Crippen molar-refractivity contribution in [2.24, 2.45) is 0 Å². The Morgan fingerprint density at radius 2 is 1.88 bits per heavy atom. The summed E-state index contributed by atoms with van der Waals surface area (Å²) in [7, 11) is -4.79. The van der Waals surface area contributed by atoms with Crippen LogP contribution in [0.2, 0.25) is 0 Å². The topological polar surface area (TPSA) is 69.7 Å². The fourth-order valence-electron chi connectivity index (χ4n) is 1.79. The largest absolute Gasteiger partial charge is 0.534 e. The number of hydrogen-bond donors (Lipinski definition) is 0. The van der Waals surface area contributed by atoms with Crippen molar-refractivity contribution in [3.8, 4) is 0 Å². The summed E-state index contributed by atoms with van der Waals surface area (Å²) in [5.74, 6) is -1.84. The SMILES string of the molecule is COC(=O)CC/C(=C\Cc1cccc(F)c1C)OS(=O)(=O)C(F)(F)F. The molecule has 0 bridgehead atoms. The molecule has 0 aromatic heterocycles. The third-order valence-corrected chi connectivity index (χ3v) is 4.23. The van der Waals surface area contributed by atoms with Gasteiger partial charge in [-0.25, -0.2) is 4.39 Å². The molecule has 0 aliphatic heterocycles. The molecular weight excluding hydrogens is 368 g/mol. The highest BCUT2D eigenvalue weighted by molar-refractivity contribution is 7.87. The molecule has 0 heterocycles. The zero-order chi connectivity index (χ0) is 19.3. The number of carbonyl (C=O) groups excluding carboxylic acids is 1. The molecule has 10 heteroatoms. The van der Waals surface area contributed by atoms with Gasteiger partial charge >= 0.3 is 21.6 Å². The van der Waals surface area contributed by atoms with Crippen molar-refractivity contribution in [1.29, 1.82) is 0 Å². The lowest BCUT2D eigenvalue weighted by atomic mass is 10.0. The number of methoxy groups -OCH3 is 1. The van der Waals surface area contributed by atoms with Crippen molar-refractivity contribution < 1.29 is 39.7 Å².